The minimum Gasteiger partial charge on any atom is -0.494 e. The number of ether oxygens (including phenoxy) is 1. The van der Waals surface area contributed by atoms with E-state index < -0.39 is 6.04 Å². The molecule has 1 amide bonds. The Labute approximate surface area is 179 Å². The second kappa shape index (κ2) is 12.3. The van der Waals surface area contributed by atoms with Crippen molar-refractivity contribution in [1.82, 2.24) is 20.9 Å². The number of nitrogens with one attached hydrogen (secondary N) is 3. The minimum atomic E-state index is -0.424. The summed E-state index contributed by atoms with van der Waals surface area (Å²) in [5, 5.41) is 10.0. The van der Waals surface area contributed by atoms with Crippen LogP contribution in [0, 0.1) is 5.92 Å². The summed E-state index contributed by atoms with van der Waals surface area (Å²) in [6, 6.07) is 11.4. The SMILES string of the molecule is CCOc1ccccc1C(NCCC1CCNCC1)C(=O)NCCc1ccncc1. The second-order valence-corrected chi connectivity index (χ2v) is 7.74. The Morgan fingerprint density at radius 1 is 1.17 bits per heavy atom. The number of nitrogens with zero attached hydrogens (tertiary/aromatic N) is 1. The van der Waals surface area contributed by atoms with Crippen LogP contribution in [0.25, 0.3) is 0 Å². The van der Waals surface area contributed by atoms with Crippen molar-refractivity contribution in [2.45, 2.75) is 38.6 Å². The molecule has 30 heavy (non-hydrogen) atoms. The van der Waals surface area contributed by atoms with E-state index in [0.717, 1.165) is 55.3 Å². The average molecular weight is 411 g/mol. The molecular weight excluding hydrogens is 376 g/mol. The highest BCUT2D eigenvalue weighted by Crippen LogP contribution is 2.26. The molecule has 6 nitrogen and oxygen atoms in total. The molecule has 0 bridgehead atoms. The molecule has 1 unspecified atom stereocenters. The number of amides is 1. The van der Waals surface area contributed by atoms with Crippen LogP contribution in [0.2, 0.25) is 0 Å². The van der Waals surface area contributed by atoms with Gasteiger partial charge in [-0.15, -0.1) is 0 Å². The molecule has 162 valence electrons. The molecule has 0 aliphatic carbocycles. The Morgan fingerprint density at radius 3 is 2.70 bits per heavy atom. The van der Waals surface area contributed by atoms with E-state index in [4.69, 9.17) is 4.74 Å². The molecule has 1 aromatic carbocycles. The van der Waals surface area contributed by atoms with Crippen molar-refractivity contribution >= 4 is 5.91 Å². The molecule has 0 radical (unpaired) electrons. The third-order valence-electron chi connectivity index (χ3n) is 5.61. The van der Waals surface area contributed by atoms with Crippen LogP contribution in [-0.4, -0.2) is 43.7 Å². The third-order valence-corrected chi connectivity index (χ3v) is 5.61. The number of rotatable bonds is 11. The second-order valence-electron chi connectivity index (χ2n) is 7.74. The fourth-order valence-electron chi connectivity index (χ4n) is 3.93. The summed E-state index contributed by atoms with van der Waals surface area (Å²) in [6.07, 6.45) is 7.84. The van der Waals surface area contributed by atoms with Gasteiger partial charge >= 0.3 is 0 Å². The number of para-hydroxylation sites is 1. The van der Waals surface area contributed by atoms with Crippen LogP contribution in [0.4, 0.5) is 0 Å². The first kappa shape index (κ1) is 22.2. The zero-order chi connectivity index (χ0) is 21.0. The van der Waals surface area contributed by atoms with Crippen molar-refractivity contribution in [3.8, 4) is 5.75 Å². The fraction of sp³-hybridized carbons (Fsp3) is 0.500. The Bertz CT molecular complexity index is 763. The molecule has 2 aromatic rings. The highest BCUT2D eigenvalue weighted by molar-refractivity contribution is 5.84. The van der Waals surface area contributed by atoms with Gasteiger partial charge < -0.3 is 20.7 Å². The van der Waals surface area contributed by atoms with E-state index in [-0.39, 0.29) is 5.91 Å². The molecule has 3 rings (SSSR count). The summed E-state index contributed by atoms with van der Waals surface area (Å²) >= 11 is 0. The molecule has 1 aromatic heterocycles. The lowest BCUT2D eigenvalue weighted by Crippen LogP contribution is -2.39. The van der Waals surface area contributed by atoms with Crippen LogP contribution in [0.15, 0.2) is 48.8 Å². The molecule has 0 saturated carbocycles. The lowest BCUT2D eigenvalue weighted by molar-refractivity contribution is -0.123. The number of hydrogen-bond donors (Lipinski definition) is 3. The maximum Gasteiger partial charge on any atom is 0.241 e. The standard InChI is InChI=1S/C24H34N4O2/c1-2-30-22-6-4-3-5-21(22)23(27-17-11-19-7-13-25-14-8-19)24(29)28-18-12-20-9-15-26-16-10-20/h3-6,9-10,15-16,19,23,25,27H,2,7-8,11-14,17-18H2,1H3,(H,28,29). The summed E-state index contributed by atoms with van der Waals surface area (Å²) < 4.78 is 5.80. The molecular formula is C24H34N4O2. The first-order valence-electron chi connectivity index (χ1n) is 11.1. The zero-order valence-corrected chi connectivity index (χ0v) is 17.9. The van der Waals surface area contributed by atoms with Crippen LogP contribution < -0.4 is 20.7 Å². The van der Waals surface area contributed by atoms with Crippen molar-refractivity contribution in [1.29, 1.82) is 0 Å². The highest BCUT2D eigenvalue weighted by Gasteiger charge is 2.24. The minimum absolute atomic E-state index is 0.0125. The number of aromatic nitrogens is 1. The average Bonchev–Trinajstić information content (AvgIpc) is 2.79. The van der Waals surface area contributed by atoms with Gasteiger partial charge in [-0.05, 0) is 81.9 Å². The molecule has 6 heteroatoms. The molecule has 0 spiro atoms. The molecule has 3 N–H and O–H groups in total. The summed E-state index contributed by atoms with van der Waals surface area (Å²) in [7, 11) is 0. The van der Waals surface area contributed by atoms with Gasteiger partial charge in [0.05, 0.1) is 6.61 Å². The molecule has 1 saturated heterocycles. The maximum absolute atomic E-state index is 13.1. The molecule has 1 aliphatic rings. The number of benzene rings is 1. The van der Waals surface area contributed by atoms with Crippen molar-refractivity contribution in [3.05, 3.63) is 59.9 Å². The van der Waals surface area contributed by atoms with Crippen LogP contribution in [-0.2, 0) is 11.2 Å². The lowest BCUT2D eigenvalue weighted by Gasteiger charge is -2.25. The van der Waals surface area contributed by atoms with E-state index in [1.54, 1.807) is 12.4 Å². The van der Waals surface area contributed by atoms with Crippen molar-refractivity contribution in [3.63, 3.8) is 0 Å². The topological polar surface area (TPSA) is 75.3 Å². The first-order chi connectivity index (χ1) is 14.8. The molecule has 1 atom stereocenters. The summed E-state index contributed by atoms with van der Waals surface area (Å²) in [6.45, 7) is 6.13. The molecule has 1 aliphatic heterocycles. The van der Waals surface area contributed by atoms with Crippen molar-refractivity contribution in [2.24, 2.45) is 5.92 Å². The summed E-state index contributed by atoms with van der Waals surface area (Å²) in [5.74, 6) is 1.47. The van der Waals surface area contributed by atoms with E-state index in [2.05, 4.69) is 20.9 Å². The number of carbonyl (C=O) groups is 1. The van der Waals surface area contributed by atoms with Crippen LogP contribution in [0.1, 0.15) is 43.4 Å². The first-order valence-corrected chi connectivity index (χ1v) is 11.1. The Kier molecular flexibility index (Phi) is 9.12. The number of carbonyl (C=O) groups excluding carboxylic acids is 1. The largest absolute Gasteiger partial charge is 0.494 e. The Hall–Kier alpha value is -2.44. The van der Waals surface area contributed by atoms with E-state index in [1.165, 1.54) is 12.8 Å². The van der Waals surface area contributed by atoms with E-state index in [9.17, 15) is 4.79 Å². The quantitative estimate of drug-likeness (QED) is 0.531. The van der Waals surface area contributed by atoms with Crippen molar-refractivity contribution < 1.29 is 9.53 Å². The van der Waals surface area contributed by atoms with Gasteiger partial charge in [0.2, 0.25) is 5.91 Å². The highest BCUT2D eigenvalue weighted by atomic mass is 16.5. The fourth-order valence-corrected chi connectivity index (χ4v) is 3.93. The Morgan fingerprint density at radius 2 is 1.93 bits per heavy atom. The summed E-state index contributed by atoms with van der Waals surface area (Å²) in [4.78, 5) is 17.2. The van der Waals surface area contributed by atoms with Gasteiger partial charge in [0, 0.05) is 24.5 Å². The smallest absolute Gasteiger partial charge is 0.241 e. The lowest BCUT2D eigenvalue weighted by atomic mass is 9.94. The monoisotopic (exact) mass is 410 g/mol. The van der Waals surface area contributed by atoms with E-state index in [0.29, 0.717) is 13.2 Å². The van der Waals surface area contributed by atoms with Gasteiger partial charge in [0.1, 0.15) is 11.8 Å². The zero-order valence-electron chi connectivity index (χ0n) is 17.9. The maximum atomic E-state index is 13.1. The predicted molar refractivity (Wildman–Crippen MR) is 120 cm³/mol. The van der Waals surface area contributed by atoms with E-state index in [1.807, 2.05) is 43.3 Å². The molecule has 1 fully saturated rings. The predicted octanol–water partition coefficient (Wildman–Crippen LogP) is 2.86. The normalized spacial score (nSPS) is 15.5. The number of pyridine rings is 1. The van der Waals surface area contributed by atoms with Crippen LogP contribution in [0.5, 0.6) is 5.75 Å². The van der Waals surface area contributed by atoms with Gasteiger partial charge in [0.15, 0.2) is 0 Å². The summed E-state index contributed by atoms with van der Waals surface area (Å²) in [5.41, 5.74) is 2.06. The van der Waals surface area contributed by atoms with Crippen LogP contribution >= 0.6 is 0 Å². The Balaban J connectivity index is 1.62. The van der Waals surface area contributed by atoms with Gasteiger partial charge in [-0.25, -0.2) is 0 Å². The molecule has 2 heterocycles. The van der Waals surface area contributed by atoms with Gasteiger partial charge in [0.25, 0.3) is 0 Å². The van der Waals surface area contributed by atoms with Crippen LogP contribution in [0.3, 0.4) is 0 Å². The number of hydrogen-bond acceptors (Lipinski definition) is 5. The van der Waals surface area contributed by atoms with Gasteiger partial charge in [-0.2, -0.15) is 0 Å². The third kappa shape index (κ3) is 6.82. The van der Waals surface area contributed by atoms with Gasteiger partial charge in [-0.1, -0.05) is 18.2 Å². The van der Waals surface area contributed by atoms with E-state index >= 15 is 0 Å². The van der Waals surface area contributed by atoms with Crippen molar-refractivity contribution in [2.75, 3.05) is 32.8 Å². The number of piperidine rings is 1. The van der Waals surface area contributed by atoms with Gasteiger partial charge in [-0.3, -0.25) is 9.78 Å².